The van der Waals surface area contributed by atoms with Gasteiger partial charge in [-0.3, -0.25) is 4.79 Å². The number of likely N-dealkylation sites (tertiary alicyclic amines) is 1. The van der Waals surface area contributed by atoms with Gasteiger partial charge in [0.1, 0.15) is 5.69 Å². The number of fused-ring (bicyclic) bond motifs is 1. The summed E-state index contributed by atoms with van der Waals surface area (Å²) in [6.45, 7) is 9.19. The van der Waals surface area contributed by atoms with Crippen molar-refractivity contribution in [2.45, 2.75) is 33.6 Å². The van der Waals surface area contributed by atoms with Crippen LogP contribution in [0.2, 0.25) is 0 Å². The summed E-state index contributed by atoms with van der Waals surface area (Å²) in [6.07, 6.45) is 1.58. The number of aromatic nitrogens is 1. The molecule has 0 unspecified atom stereocenters. The largest absolute Gasteiger partial charge is 0.493 e. The van der Waals surface area contributed by atoms with E-state index in [9.17, 15) is 9.59 Å². The molecule has 2 atom stereocenters. The number of aromatic amines is 1. The Labute approximate surface area is 183 Å². The van der Waals surface area contributed by atoms with Crippen molar-refractivity contribution in [2.75, 3.05) is 45.8 Å². The third-order valence-corrected chi connectivity index (χ3v) is 5.65. The zero-order valence-corrected chi connectivity index (χ0v) is 19.0. The smallest absolute Gasteiger partial charge is 0.356 e. The molecule has 1 fully saturated rings. The van der Waals surface area contributed by atoms with Gasteiger partial charge in [-0.2, -0.15) is 0 Å². The number of piperidine rings is 1. The van der Waals surface area contributed by atoms with Crippen LogP contribution in [0.1, 0.15) is 44.1 Å². The Hall–Kier alpha value is -2.74. The van der Waals surface area contributed by atoms with Crippen molar-refractivity contribution in [3.63, 3.8) is 0 Å². The van der Waals surface area contributed by atoms with Crippen LogP contribution >= 0.6 is 0 Å². The number of carbonyl (C=O) groups is 2. The molecule has 8 nitrogen and oxygen atoms in total. The Morgan fingerprint density at radius 1 is 1.13 bits per heavy atom. The summed E-state index contributed by atoms with van der Waals surface area (Å²) >= 11 is 0. The van der Waals surface area contributed by atoms with E-state index in [4.69, 9.17) is 14.2 Å². The molecule has 2 N–H and O–H groups in total. The van der Waals surface area contributed by atoms with Gasteiger partial charge in [0.25, 0.3) is 0 Å². The number of ether oxygens (including phenoxy) is 3. The van der Waals surface area contributed by atoms with Crippen LogP contribution in [0.25, 0.3) is 10.9 Å². The van der Waals surface area contributed by atoms with Crippen LogP contribution in [0, 0.1) is 11.8 Å². The molecule has 0 saturated carbocycles. The fourth-order valence-electron chi connectivity index (χ4n) is 4.44. The maximum absolute atomic E-state index is 12.8. The number of anilines is 1. The van der Waals surface area contributed by atoms with Crippen molar-refractivity contribution in [2.24, 2.45) is 11.8 Å². The highest BCUT2D eigenvalue weighted by molar-refractivity contribution is 6.11. The Morgan fingerprint density at radius 3 is 2.39 bits per heavy atom. The molecule has 2 heterocycles. The summed E-state index contributed by atoms with van der Waals surface area (Å²) in [4.78, 5) is 30.7. The van der Waals surface area contributed by atoms with Gasteiger partial charge in [-0.25, -0.2) is 4.79 Å². The lowest BCUT2D eigenvalue weighted by Gasteiger charge is -2.34. The van der Waals surface area contributed by atoms with Crippen LogP contribution in [0.4, 0.5) is 5.69 Å². The summed E-state index contributed by atoms with van der Waals surface area (Å²) in [5.74, 6) is 1.64. The summed E-state index contributed by atoms with van der Waals surface area (Å²) in [7, 11) is 3.09. The molecule has 1 aliphatic rings. The number of H-pyrrole nitrogens is 1. The number of hydrogen-bond acceptors (Lipinski definition) is 6. The number of amides is 1. The molecule has 1 amide bonds. The van der Waals surface area contributed by atoms with Crippen LogP contribution < -0.4 is 14.8 Å². The zero-order valence-electron chi connectivity index (χ0n) is 19.0. The second kappa shape index (κ2) is 10.0. The normalized spacial score (nSPS) is 19.3. The van der Waals surface area contributed by atoms with Crippen molar-refractivity contribution >= 4 is 28.5 Å². The molecule has 1 aliphatic heterocycles. The molecule has 1 saturated heterocycles. The lowest BCUT2D eigenvalue weighted by atomic mass is 9.92. The standard InChI is InChI=1S/C23H33N3O5/c1-6-31-23(28)22-21(16-10-18(29-4)19(30-5)11-17(16)24-22)25-20(27)7-8-26-12-14(2)9-15(3)13-26/h10-11,14-15,24H,6-9,12-13H2,1-5H3,(H,25,27)/t14-,15-/m0/s1. The Morgan fingerprint density at radius 2 is 1.77 bits per heavy atom. The highest BCUT2D eigenvalue weighted by Crippen LogP contribution is 2.37. The van der Waals surface area contributed by atoms with Gasteiger partial charge in [0.2, 0.25) is 5.91 Å². The molecule has 2 aromatic rings. The topological polar surface area (TPSA) is 92.9 Å². The van der Waals surface area contributed by atoms with Gasteiger partial charge in [-0.05, 0) is 31.2 Å². The van der Waals surface area contributed by atoms with E-state index >= 15 is 0 Å². The molecule has 1 aromatic carbocycles. The number of benzene rings is 1. The van der Waals surface area contributed by atoms with Gasteiger partial charge >= 0.3 is 5.97 Å². The van der Waals surface area contributed by atoms with E-state index in [0.717, 1.165) is 13.1 Å². The number of esters is 1. The lowest BCUT2D eigenvalue weighted by molar-refractivity contribution is -0.116. The molecule has 0 spiro atoms. The second-order valence-electron chi connectivity index (χ2n) is 8.35. The number of carbonyl (C=O) groups excluding carboxylic acids is 2. The van der Waals surface area contributed by atoms with Crippen molar-refractivity contribution in [1.29, 1.82) is 0 Å². The first-order chi connectivity index (χ1) is 14.9. The first-order valence-electron chi connectivity index (χ1n) is 10.8. The average molecular weight is 432 g/mol. The molecule has 0 radical (unpaired) electrons. The van der Waals surface area contributed by atoms with Crippen LogP contribution in [-0.2, 0) is 9.53 Å². The maximum Gasteiger partial charge on any atom is 0.356 e. The van der Waals surface area contributed by atoms with Gasteiger partial charge in [0.15, 0.2) is 11.5 Å². The Balaban J connectivity index is 1.83. The van der Waals surface area contributed by atoms with E-state index in [1.165, 1.54) is 6.42 Å². The van der Waals surface area contributed by atoms with Gasteiger partial charge < -0.3 is 29.4 Å². The minimum Gasteiger partial charge on any atom is -0.493 e. The predicted molar refractivity (Wildman–Crippen MR) is 120 cm³/mol. The molecule has 0 bridgehead atoms. The zero-order chi connectivity index (χ0) is 22.5. The number of rotatable bonds is 8. The molecule has 0 aliphatic carbocycles. The van der Waals surface area contributed by atoms with Gasteiger partial charge in [-0.15, -0.1) is 0 Å². The quantitative estimate of drug-likeness (QED) is 0.620. The molecule has 170 valence electrons. The highest BCUT2D eigenvalue weighted by atomic mass is 16.5. The molecular weight excluding hydrogens is 398 g/mol. The first kappa shape index (κ1) is 22.9. The van der Waals surface area contributed by atoms with E-state index in [1.54, 1.807) is 33.3 Å². The second-order valence-corrected chi connectivity index (χ2v) is 8.35. The number of nitrogens with zero attached hydrogens (tertiary/aromatic N) is 1. The monoisotopic (exact) mass is 431 g/mol. The molecule has 8 heteroatoms. The molecule has 31 heavy (non-hydrogen) atoms. The summed E-state index contributed by atoms with van der Waals surface area (Å²) < 4.78 is 15.9. The number of nitrogens with one attached hydrogen (secondary N) is 2. The minimum atomic E-state index is -0.523. The van der Waals surface area contributed by atoms with Crippen molar-refractivity contribution < 1.29 is 23.8 Å². The van der Waals surface area contributed by atoms with E-state index in [0.29, 0.717) is 52.9 Å². The van der Waals surface area contributed by atoms with E-state index in [2.05, 4.69) is 29.0 Å². The van der Waals surface area contributed by atoms with Crippen LogP contribution in [0.15, 0.2) is 12.1 Å². The van der Waals surface area contributed by atoms with Gasteiger partial charge in [0, 0.05) is 37.5 Å². The average Bonchev–Trinajstić information content (AvgIpc) is 3.08. The third kappa shape index (κ3) is 5.31. The van der Waals surface area contributed by atoms with Crippen LogP contribution in [0.3, 0.4) is 0 Å². The van der Waals surface area contributed by atoms with E-state index < -0.39 is 5.97 Å². The maximum atomic E-state index is 12.8. The lowest BCUT2D eigenvalue weighted by Crippen LogP contribution is -2.40. The van der Waals surface area contributed by atoms with Crippen molar-refractivity contribution in [3.8, 4) is 11.5 Å². The Bertz CT molecular complexity index is 929. The fourth-order valence-corrected chi connectivity index (χ4v) is 4.44. The molecular formula is C23H33N3O5. The number of hydrogen-bond donors (Lipinski definition) is 2. The van der Waals surface area contributed by atoms with Crippen LogP contribution in [0.5, 0.6) is 11.5 Å². The molecule has 1 aromatic heterocycles. The first-order valence-corrected chi connectivity index (χ1v) is 10.8. The fraction of sp³-hybridized carbons (Fsp3) is 0.565. The van der Waals surface area contributed by atoms with Gasteiger partial charge in [-0.1, -0.05) is 13.8 Å². The number of methoxy groups -OCH3 is 2. The third-order valence-electron chi connectivity index (χ3n) is 5.65. The SMILES string of the molecule is CCOC(=O)c1[nH]c2cc(OC)c(OC)cc2c1NC(=O)CCN1C[C@@H](C)C[C@H](C)C1. The van der Waals surface area contributed by atoms with Crippen molar-refractivity contribution in [3.05, 3.63) is 17.8 Å². The van der Waals surface area contributed by atoms with E-state index in [-0.39, 0.29) is 18.2 Å². The summed E-state index contributed by atoms with van der Waals surface area (Å²) in [5.41, 5.74) is 1.26. The highest BCUT2D eigenvalue weighted by Gasteiger charge is 2.24. The minimum absolute atomic E-state index is 0.146. The van der Waals surface area contributed by atoms with Crippen LogP contribution in [-0.4, -0.2) is 62.2 Å². The molecule has 3 rings (SSSR count). The predicted octanol–water partition coefficient (Wildman–Crippen LogP) is 3.67. The summed E-state index contributed by atoms with van der Waals surface area (Å²) in [5, 5.41) is 3.59. The van der Waals surface area contributed by atoms with E-state index in [1.807, 2.05) is 0 Å². The van der Waals surface area contributed by atoms with Crippen molar-refractivity contribution in [1.82, 2.24) is 9.88 Å². The summed E-state index contributed by atoms with van der Waals surface area (Å²) in [6, 6.07) is 3.49. The Kier molecular flexibility index (Phi) is 7.43. The van der Waals surface area contributed by atoms with Gasteiger partial charge in [0.05, 0.1) is 32.0 Å².